The maximum Gasteiger partial charge on any atom is 0.144 e. The topological polar surface area (TPSA) is 29.5 Å². The van der Waals surface area contributed by atoms with Gasteiger partial charge in [-0.15, -0.1) is 0 Å². The molecule has 0 aliphatic carbocycles. The molecular formula is C52H33NO2. The molecular weight excluding hydrogens is 671 g/mol. The summed E-state index contributed by atoms with van der Waals surface area (Å²) in [6, 6.07) is 70.7. The van der Waals surface area contributed by atoms with Crippen molar-refractivity contribution in [2.45, 2.75) is 0 Å². The molecule has 3 nitrogen and oxygen atoms in total. The molecule has 2 heterocycles. The molecule has 258 valence electrons. The Hall–Kier alpha value is -7.36. The van der Waals surface area contributed by atoms with Crippen LogP contribution in [0.15, 0.2) is 209 Å². The van der Waals surface area contributed by atoms with Crippen LogP contribution in [0.3, 0.4) is 0 Å². The number of hydrogen-bond acceptors (Lipinski definition) is 3. The predicted molar refractivity (Wildman–Crippen MR) is 229 cm³/mol. The Kier molecular flexibility index (Phi) is 7.17. The van der Waals surface area contributed by atoms with E-state index in [1.807, 2.05) is 12.1 Å². The highest BCUT2D eigenvalue weighted by molar-refractivity contribution is 6.27. The van der Waals surface area contributed by atoms with Crippen molar-refractivity contribution in [3.63, 3.8) is 0 Å². The van der Waals surface area contributed by atoms with Crippen LogP contribution >= 0.6 is 0 Å². The molecule has 0 N–H and O–H groups in total. The molecule has 0 fully saturated rings. The van der Waals surface area contributed by atoms with E-state index >= 15 is 0 Å². The third kappa shape index (κ3) is 5.13. The van der Waals surface area contributed by atoms with Gasteiger partial charge in [0.15, 0.2) is 0 Å². The van der Waals surface area contributed by atoms with Crippen LogP contribution in [-0.4, -0.2) is 0 Å². The van der Waals surface area contributed by atoms with Gasteiger partial charge in [-0.2, -0.15) is 0 Å². The van der Waals surface area contributed by atoms with Crippen LogP contribution in [-0.2, 0) is 0 Å². The van der Waals surface area contributed by atoms with Crippen LogP contribution in [0.25, 0.3) is 88.0 Å². The second-order valence-electron chi connectivity index (χ2n) is 14.0. The maximum absolute atomic E-state index is 7.06. The first-order valence-corrected chi connectivity index (χ1v) is 18.7. The van der Waals surface area contributed by atoms with Crippen molar-refractivity contribution < 1.29 is 8.83 Å². The van der Waals surface area contributed by atoms with E-state index in [1.165, 1.54) is 33.0 Å². The lowest BCUT2D eigenvalue weighted by Crippen LogP contribution is -2.10. The average molecular weight is 704 g/mol. The average Bonchev–Trinajstić information content (AvgIpc) is 3.82. The van der Waals surface area contributed by atoms with Gasteiger partial charge in [0.25, 0.3) is 0 Å². The summed E-state index contributed by atoms with van der Waals surface area (Å²) in [5, 5.41) is 6.52. The van der Waals surface area contributed by atoms with Crippen molar-refractivity contribution in [2.75, 3.05) is 4.90 Å². The third-order valence-electron chi connectivity index (χ3n) is 10.9. The standard InChI is InChI=1S/C52H33NO2/c1-3-13-34(14-4-1)36-25-29-39(30-26-36)53(40-31-27-37(28-32-40)35-15-5-2-6-16-35)45-22-12-24-47-49(45)44-33-48-50(43-20-9-10-23-46(43)54-48)51(52(44)55-47)42-21-11-18-38-17-7-8-19-41(38)42/h1-33H. The van der Waals surface area contributed by atoms with Crippen molar-refractivity contribution in [3.05, 3.63) is 200 Å². The molecule has 3 heteroatoms. The molecule has 0 aliphatic heterocycles. The van der Waals surface area contributed by atoms with Crippen molar-refractivity contribution in [1.29, 1.82) is 0 Å². The number of rotatable bonds is 6. The molecule has 0 amide bonds. The lowest BCUT2D eigenvalue weighted by molar-refractivity contribution is 0.664. The number of nitrogens with zero attached hydrogens (tertiary/aromatic N) is 1. The number of benzene rings is 9. The Morgan fingerprint density at radius 2 is 0.891 bits per heavy atom. The normalized spacial score (nSPS) is 11.6. The zero-order valence-corrected chi connectivity index (χ0v) is 29.8. The van der Waals surface area contributed by atoms with E-state index in [9.17, 15) is 0 Å². The summed E-state index contributed by atoms with van der Waals surface area (Å²) >= 11 is 0. The molecule has 0 bridgehead atoms. The van der Waals surface area contributed by atoms with E-state index < -0.39 is 0 Å². The zero-order valence-electron chi connectivity index (χ0n) is 29.8. The predicted octanol–water partition coefficient (Wildman–Crippen LogP) is 15.1. The van der Waals surface area contributed by atoms with Gasteiger partial charge in [0.2, 0.25) is 0 Å². The van der Waals surface area contributed by atoms with E-state index in [1.54, 1.807) is 0 Å². The maximum atomic E-state index is 7.06. The quantitative estimate of drug-likeness (QED) is 0.173. The molecule has 0 radical (unpaired) electrons. The molecule has 9 aromatic carbocycles. The monoisotopic (exact) mass is 703 g/mol. The van der Waals surface area contributed by atoms with Crippen LogP contribution in [0.4, 0.5) is 17.1 Å². The first kappa shape index (κ1) is 31.2. The lowest BCUT2D eigenvalue weighted by Gasteiger charge is -2.26. The molecule has 0 spiro atoms. The van der Waals surface area contributed by atoms with Crippen LogP contribution in [0, 0.1) is 0 Å². The van der Waals surface area contributed by atoms with Gasteiger partial charge in [0, 0.05) is 33.1 Å². The van der Waals surface area contributed by atoms with Gasteiger partial charge in [0.05, 0.1) is 11.1 Å². The highest BCUT2D eigenvalue weighted by Gasteiger charge is 2.25. The number of fused-ring (bicyclic) bond motifs is 7. The van der Waals surface area contributed by atoms with Crippen molar-refractivity contribution in [2.24, 2.45) is 0 Å². The van der Waals surface area contributed by atoms with Gasteiger partial charge in [-0.25, -0.2) is 0 Å². The minimum Gasteiger partial charge on any atom is -0.456 e. The van der Waals surface area contributed by atoms with Crippen molar-refractivity contribution in [3.8, 4) is 33.4 Å². The number of furan rings is 2. The molecule has 2 aromatic heterocycles. The van der Waals surface area contributed by atoms with Gasteiger partial charge in [-0.05, 0) is 87.1 Å². The summed E-state index contributed by atoms with van der Waals surface area (Å²) < 4.78 is 13.7. The van der Waals surface area contributed by atoms with Crippen molar-refractivity contribution in [1.82, 2.24) is 0 Å². The Bertz CT molecular complexity index is 3090. The second-order valence-corrected chi connectivity index (χ2v) is 14.0. The Balaban J connectivity index is 1.19. The number of para-hydroxylation sites is 1. The minimum atomic E-state index is 0.817. The molecule has 11 aromatic rings. The van der Waals surface area contributed by atoms with Crippen LogP contribution in [0.1, 0.15) is 0 Å². The van der Waals surface area contributed by atoms with E-state index in [2.05, 4.69) is 193 Å². The Morgan fingerprint density at radius 1 is 0.345 bits per heavy atom. The summed E-state index contributed by atoms with van der Waals surface area (Å²) in [4.78, 5) is 2.35. The van der Waals surface area contributed by atoms with Crippen LogP contribution in [0.2, 0.25) is 0 Å². The molecule has 0 unspecified atom stereocenters. The zero-order chi connectivity index (χ0) is 36.3. The fourth-order valence-electron chi connectivity index (χ4n) is 8.33. The van der Waals surface area contributed by atoms with E-state index in [4.69, 9.17) is 8.83 Å². The van der Waals surface area contributed by atoms with E-state index in [-0.39, 0.29) is 0 Å². The van der Waals surface area contributed by atoms with Crippen LogP contribution < -0.4 is 4.90 Å². The van der Waals surface area contributed by atoms with Gasteiger partial charge in [-0.1, -0.05) is 152 Å². The molecule has 11 rings (SSSR count). The fourth-order valence-corrected chi connectivity index (χ4v) is 8.33. The highest BCUT2D eigenvalue weighted by atomic mass is 16.3. The molecule has 0 aliphatic rings. The number of hydrogen-bond donors (Lipinski definition) is 0. The summed E-state index contributed by atoms with van der Waals surface area (Å²) in [5.41, 5.74) is 13.3. The summed E-state index contributed by atoms with van der Waals surface area (Å²) in [7, 11) is 0. The van der Waals surface area contributed by atoms with Gasteiger partial charge < -0.3 is 13.7 Å². The third-order valence-corrected chi connectivity index (χ3v) is 10.9. The first-order valence-electron chi connectivity index (χ1n) is 18.7. The summed E-state index contributed by atoms with van der Waals surface area (Å²) in [5.74, 6) is 0. The molecule has 0 atom stereocenters. The van der Waals surface area contributed by atoms with E-state index in [0.29, 0.717) is 0 Å². The smallest absolute Gasteiger partial charge is 0.144 e. The summed E-state index contributed by atoms with van der Waals surface area (Å²) in [6.07, 6.45) is 0. The Morgan fingerprint density at radius 3 is 1.58 bits per heavy atom. The molecule has 55 heavy (non-hydrogen) atoms. The Labute approximate surface area is 317 Å². The fraction of sp³-hybridized carbons (Fsp3) is 0. The SMILES string of the molecule is c1ccc(-c2ccc(N(c3ccc(-c4ccccc4)cc3)c3cccc4oc5c(-c6cccc7ccccc67)c6c(cc5c34)oc3ccccc36)cc2)cc1. The first-order chi connectivity index (χ1) is 27.3. The minimum absolute atomic E-state index is 0.817. The summed E-state index contributed by atoms with van der Waals surface area (Å²) in [6.45, 7) is 0. The molecule has 0 saturated heterocycles. The second kappa shape index (κ2) is 12.6. The van der Waals surface area contributed by atoms with Gasteiger partial charge in [-0.3, -0.25) is 0 Å². The van der Waals surface area contributed by atoms with E-state index in [0.717, 1.165) is 72.1 Å². The van der Waals surface area contributed by atoms with Gasteiger partial charge >= 0.3 is 0 Å². The van der Waals surface area contributed by atoms with Gasteiger partial charge in [0.1, 0.15) is 22.3 Å². The van der Waals surface area contributed by atoms with Crippen molar-refractivity contribution >= 4 is 71.7 Å². The lowest BCUT2D eigenvalue weighted by atomic mass is 9.92. The van der Waals surface area contributed by atoms with Crippen LogP contribution in [0.5, 0.6) is 0 Å². The number of anilines is 3. The molecule has 0 saturated carbocycles. The largest absolute Gasteiger partial charge is 0.456 e. The highest BCUT2D eigenvalue weighted by Crippen LogP contribution is 2.50.